The third-order valence-electron chi connectivity index (χ3n) is 3.17. The Balaban J connectivity index is 0.000000249. The van der Waals surface area contributed by atoms with Gasteiger partial charge in [-0.05, 0) is 19.1 Å². The number of fused-ring (bicyclic) bond motifs is 1. The summed E-state index contributed by atoms with van der Waals surface area (Å²) in [5.41, 5.74) is 1.56. The van der Waals surface area contributed by atoms with Crippen LogP contribution in [0.15, 0.2) is 54.9 Å². The highest BCUT2D eigenvalue weighted by molar-refractivity contribution is 6.00. The number of amides is 1. The molecular weight excluding hydrogens is 306 g/mol. The SMILES string of the molecule is Cc1ccccc1.O=C(NCCO)c1ncc2cccnc2c1O. The Morgan fingerprint density at radius 3 is 2.50 bits per heavy atom. The minimum absolute atomic E-state index is 0.0929. The molecule has 24 heavy (non-hydrogen) atoms. The van der Waals surface area contributed by atoms with Crippen LogP contribution in [0.4, 0.5) is 0 Å². The van der Waals surface area contributed by atoms with Crippen LogP contribution in [0.2, 0.25) is 0 Å². The molecule has 6 nitrogen and oxygen atoms in total. The molecule has 124 valence electrons. The molecular formula is C18H19N3O3. The molecule has 0 aliphatic heterocycles. The summed E-state index contributed by atoms with van der Waals surface area (Å²) < 4.78 is 0. The number of aliphatic hydroxyl groups is 1. The van der Waals surface area contributed by atoms with Crippen molar-refractivity contribution in [2.45, 2.75) is 6.92 Å². The molecule has 3 aromatic rings. The number of aliphatic hydroxyl groups excluding tert-OH is 1. The zero-order valence-corrected chi connectivity index (χ0v) is 13.3. The number of hydrogen-bond donors (Lipinski definition) is 3. The number of carbonyl (C=O) groups is 1. The fourth-order valence-corrected chi connectivity index (χ4v) is 1.98. The molecule has 3 N–H and O–H groups in total. The maximum Gasteiger partial charge on any atom is 0.273 e. The molecule has 0 spiro atoms. The molecule has 2 aromatic heterocycles. The quantitative estimate of drug-likeness (QED) is 0.685. The Morgan fingerprint density at radius 2 is 1.88 bits per heavy atom. The predicted molar refractivity (Wildman–Crippen MR) is 91.8 cm³/mol. The van der Waals surface area contributed by atoms with Gasteiger partial charge in [0.1, 0.15) is 5.52 Å². The molecule has 0 unspecified atom stereocenters. The molecule has 0 aliphatic carbocycles. The summed E-state index contributed by atoms with van der Waals surface area (Å²) in [6, 6.07) is 13.7. The highest BCUT2D eigenvalue weighted by atomic mass is 16.3. The Kier molecular flexibility index (Phi) is 6.22. The van der Waals surface area contributed by atoms with Crippen molar-refractivity contribution >= 4 is 16.8 Å². The first-order valence-corrected chi connectivity index (χ1v) is 7.47. The van der Waals surface area contributed by atoms with E-state index in [1.807, 2.05) is 18.2 Å². The second kappa shape index (κ2) is 8.59. The second-order valence-electron chi connectivity index (χ2n) is 5.03. The zero-order valence-electron chi connectivity index (χ0n) is 13.3. The minimum atomic E-state index is -0.538. The first-order chi connectivity index (χ1) is 11.6. The monoisotopic (exact) mass is 325 g/mol. The molecule has 6 heteroatoms. The van der Waals surface area contributed by atoms with Gasteiger partial charge in [0, 0.05) is 24.3 Å². The van der Waals surface area contributed by atoms with Crippen molar-refractivity contribution in [3.05, 3.63) is 66.1 Å². The number of aryl methyl sites for hydroxylation is 1. The van der Waals surface area contributed by atoms with E-state index in [0.29, 0.717) is 10.9 Å². The summed E-state index contributed by atoms with van der Waals surface area (Å²) in [5, 5.41) is 21.5. The Hall–Kier alpha value is -2.99. The first-order valence-electron chi connectivity index (χ1n) is 7.47. The van der Waals surface area contributed by atoms with E-state index in [9.17, 15) is 9.90 Å². The van der Waals surface area contributed by atoms with Crippen LogP contribution >= 0.6 is 0 Å². The van der Waals surface area contributed by atoms with Crippen LogP contribution in [-0.2, 0) is 0 Å². The van der Waals surface area contributed by atoms with Crippen LogP contribution in [0.25, 0.3) is 10.9 Å². The van der Waals surface area contributed by atoms with Crippen molar-refractivity contribution in [2.24, 2.45) is 0 Å². The lowest BCUT2D eigenvalue weighted by Gasteiger charge is -2.06. The largest absolute Gasteiger partial charge is 0.504 e. The van der Waals surface area contributed by atoms with Crippen molar-refractivity contribution in [2.75, 3.05) is 13.2 Å². The molecule has 0 fully saturated rings. The second-order valence-corrected chi connectivity index (χ2v) is 5.03. The maximum atomic E-state index is 11.6. The van der Waals surface area contributed by atoms with Gasteiger partial charge in [-0.15, -0.1) is 0 Å². The number of pyridine rings is 2. The zero-order chi connectivity index (χ0) is 17.4. The van der Waals surface area contributed by atoms with Crippen LogP contribution in [0, 0.1) is 6.92 Å². The number of nitrogens with zero attached hydrogens (tertiary/aromatic N) is 2. The van der Waals surface area contributed by atoms with Gasteiger partial charge in [0.15, 0.2) is 11.4 Å². The average Bonchev–Trinajstić information content (AvgIpc) is 2.61. The molecule has 1 amide bonds. The standard InChI is InChI=1S/C11H11N3O3.C7H8/c15-5-4-13-11(17)9-10(16)8-7(6-14-9)2-1-3-12-8;1-7-5-3-2-4-6-7/h1-3,6,15-16H,4-5H2,(H,13,17);2-6H,1H3. The van der Waals surface area contributed by atoms with Crippen molar-refractivity contribution in [3.63, 3.8) is 0 Å². The molecule has 0 radical (unpaired) electrons. The lowest BCUT2D eigenvalue weighted by Crippen LogP contribution is -2.27. The number of carbonyl (C=O) groups excluding carboxylic acids is 1. The van der Waals surface area contributed by atoms with Crippen molar-refractivity contribution < 1.29 is 15.0 Å². The Bertz CT molecular complexity index is 807. The van der Waals surface area contributed by atoms with Gasteiger partial charge in [-0.3, -0.25) is 9.78 Å². The number of nitrogens with one attached hydrogen (secondary N) is 1. The smallest absolute Gasteiger partial charge is 0.273 e. The van der Waals surface area contributed by atoms with E-state index in [1.54, 1.807) is 12.1 Å². The summed E-state index contributed by atoms with van der Waals surface area (Å²) in [6.07, 6.45) is 2.99. The number of hydrogen-bond acceptors (Lipinski definition) is 5. The van der Waals surface area contributed by atoms with Crippen LogP contribution in [0.3, 0.4) is 0 Å². The average molecular weight is 325 g/mol. The Labute approximate surface area is 139 Å². The van der Waals surface area contributed by atoms with Gasteiger partial charge in [-0.25, -0.2) is 4.98 Å². The number of benzene rings is 1. The van der Waals surface area contributed by atoms with Gasteiger partial charge in [0.2, 0.25) is 0 Å². The van der Waals surface area contributed by atoms with Gasteiger partial charge in [-0.1, -0.05) is 35.9 Å². The molecule has 0 atom stereocenters. The summed E-state index contributed by atoms with van der Waals surface area (Å²) in [7, 11) is 0. The van der Waals surface area contributed by atoms with Gasteiger partial charge in [0.05, 0.1) is 6.61 Å². The van der Waals surface area contributed by atoms with E-state index in [0.717, 1.165) is 0 Å². The van der Waals surface area contributed by atoms with E-state index in [1.165, 1.54) is 18.0 Å². The van der Waals surface area contributed by atoms with Gasteiger partial charge < -0.3 is 15.5 Å². The number of aromatic hydroxyl groups is 1. The summed E-state index contributed by atoms with van der Waals surface area (Å²) in [6.45, 7) is 2.03. The summed E-state index contributed by atoms with van der Waals surface area (Å²) >= 11 is 0. The third-order valence-corrected chi connectivity index (χ3v) is 3.17. The molecule has 3 rings (SSSR count). The van der Waals surface area contributed by atoms with Crippen LogP contribution in [0.5, 0.6) is 5.75 Å². The topological polar surface area (TPSA) is 95.3 Å². The van der Waals surface area contributed by atoms with Crippen molar-refractivity contribution in [3.8, 4) is 5.75 Å². The molecule has 0 bridgehead atoms. The molecule has 0 saturated carbocycles. The number of rotatable bonds is 3. The summed E-state index contributed by atoms with van der Waals surface area (Å²) in [5.74, 6) is -0.789. The fraction of sp³-hybridized carbons (Fsp3) is 0.167. The van der Waals surface area contributed by atoms with Crippen LogP contribution in [0.1, 0.15) is 16.1 Å². The molecule has 0 aliphatic rings. The minimum Gasteiger partial charge on any atom is -0.504 e. The highest BCUT2D eigenvalue weighted by Gasteiger charge is 2.15. The van der Waals surface area contributed by atoms with Gasteiger partial charge in [-0.2, -0.15) is 0 Å². The summed E-state index contributed by atoms with van der Waals surface area (Å²) in [4.78, 5) is 19.5. The molecule has 1 aromatic carbocycles. The van der Waals surface area contributed by atoms with E-state index in [4.69, 9.17) is 5.11 Å². The van der Waals surface area contributed by atoms with Crippen LogP contribution < -0.4 is 5.32 Å². The third kappa shape index (κ3) is 4.50. The number of aromatic nitrogens is 2. The molecule has 0 saturated heterocycles. The van der Waals surface area contributed by atoms with Gasteiger partial charge >= 0.3 is 0 Å². The first kappa shape index (κ1) is 17.4. The van der Waals surface area contributed by atoms with E-state index in [-0.39, 0.29) is 24.6 Å². The maximum absolute atomic E-state index is 11.6. The van der Waals surface area contributed by atoms with E-state index < -0.39 is 5.91 Å². The fourth-order valence-electron chi connectivity index (χ4n) is 1.98. The van der Waals surface area contributed by atoms with Crippen molar-refractivity contribution in [1.82, 2.24) is 15.3 Å². The Morgan fingerprint density at radius 1 is 1.12 bits per heavy atom. The van der Waals surface area contributed by atoms with E-state index in [2.05, 4.69) is 34.3 Å². The normalized spacial score (nSPS) is 9.92. The van der Waals surface area contributed by atoms with Gasteiger partial charge in [0.25, 0.3) is 5.91 Å². The highest BCUT2D eigenvalue weighted by Crippen LogP contribution is 2.24. The van der Waals surface area contributed by atoms with Crippen molar-refractivity contribution in [1.29, 1.82) is 0 Å². The van der Waals surface area contributed by atoms with Crippen LogP contribution in [-0.4, -0.2) is 39.2 Å². The predicted octanol–water partition coefficient (Wildman–Crippen LogP) is 2.05. The lowest BCUT2D eigenvalue weighted by atomic mass is 10.2. The lowest BCUT2D eigenvalue weighted by molar-refractivity contribution is 0.0937. The molecule has 2 heterocycles. The van der Waals surface area contributed by atoms with E-state index >= 15 is 0 Å².